The van der Waals surface area contributed by atoms with Crippen molar-refractivity contribution < 1.29 is 9.59 Å². The Hall–Kier alpha value is -3.18. The summed E-state index contributed by atoms with van der Waals surface area (Å²) in [6.45, 7) is 2.36. The summed E-state index contributed by atoms with van der Waals surface area (Å²) in [5.74, 6) is -0.714. The molecule has 0 saturated carbocycles. The van der Waals surface area contributed by atoms with Gasteiger partial charge in [0.1, 0.15) is 11.4 Å². The summed E-state index contributed by atoms with van der Waals surface area (Å²) in [6, 6.07) is 19.9. The Bertz CT molecular complexity index is 990. The molecule has 0 saturated heterocycles. The summed E-state index contributed by atoms with van der Waals surface area (Å²) in [7, 11) is 0. The number of nitrogens with one attached hydrogen (secondary N) is 2. The van der Waals surface area contributed by atoms with E-state index >= 15 is 0 Å². The van der Waals surface area contributed by atoms with Crippen molar-refractivity contribution in [2.24, 2.45) is 0 Å². The Morgan fingerprint density at radius 2 is 1.64 bits per heavy atom. The maximum absolute atomic E-state index is 12.5. The number of rotatable bonds is 6. The first kappa shape index (κ1) is 19.6. The standard InChI is InChI=1S/C22H20ClN3O2/c1-15-10-11-17(23)14-20(15)26-22(28)19-9-5-8-18(25-19)21(27)24-13-12-16-6-3-2-4-7-16/h2-11,14H,12-13H2,1H3,(H,24,27)(H,26,28). The van der Waals surface area contributed by atoms with Crippen LogP contribution in [0.1, 0.15) is 32.1 Å². The molecule has 142 valence electrons. The van der Waals surface area contributed by atoms with Gasteiger partial charge >= 0.3 is 0 Å². The minimum atomic E-state index is -0.399. The zero-order chi connectivity index (χ0) is 19.9. The SMILES string of the molecule is Cc1ccc(Cl)cc1NC(=O)c1cccc(C(=O)NCCc2ccccc2)n1. The van der Waals surface area contributed by atoms with E-state index in [9.17, 15) is 9.59 Å². The van der Waals surface area contributed by atoms with Crippen LogP contribution >= 0.6 is 11.6 Å². The third kappa shape index (κ3) is 5.18. The summed E-state index contributed by atoms with van der Waals surface area (Å²) >= 11 is 5.99. The number of halogens is 1. The van der Waals surface area contributed by atoms with Crippen molar-refractivity contribution in [3.8, 4) is 0 Å². The number of pyridine rings is 1. The predicted molar refractivity (Wildman–Crippen MR) is 111 cm³/mol. The van der Waals surface area contributed by atoms with Crippen molar-refractivity contribution in [3.05, 3.63) is 94.3 Å². The zero-order valence-corrected chi connectivity index (χ0v) is 16.2. The second kappa shape index (κ2) is 9.15. The Balaban J connectivity index is 1.63. The van der Waals surface area contributed by atoms with Crippen LogP contribution in [0.4, 0.5) is 5.69 Å². The van der Waals surface area contributed by atoms with E-state index in [1.165, 1.54) is 0 Å². The molecule has 2 amide bonds. The van der Waals surface area contributed by atoms with Gasteiger partial charge in [-0.05, 0) is 48.7 Å². The Labute approximate surface area is 168 Å². The van der Waals surface area contributed by atoms with Gasteiger partial charge < -0.3 is 10.6 Å². The van der Waals surface area contributed by atoms with Gasteiger partial charge in [0.25, 0.3) is 11.8 Å². The molecule has 6 heteroatoms. The van der Waals surface area contributed by atoms with Crippen LogP contribution in [0.25, 0.3) is 0 Å². The monoisotopic (exact) mass is 393 g/mol. The van der Waals surface area contributed by atoms with Crippen LogP contribution in [0.5, 0.6) is 0 Å². The minimum Gasteiger partial charge on any atom is -0.350 e. The maximum Gasteiger partial charge on any atom is 0.274 e. The molecule has 0 atom stereocenters. The Morgan fingerprint density at radius 1 is 0.929 bits per heavy atom. The van der Waals surface area contributed by atoms with Gasteiger partial charge in [0.2, 0.25) is 0 Å². The molecule has 5 nitrogen and oxygen atoms in total. The van der Waals surface area contributed by atoms with E-state index < -0.39 is 5.91 Å². The van der Waals surface area contributed by atoms with Crippen LogP contribution in [-0.4, -0.2) is 23.3 Å². The summed E-state index contributed by atoms with van der Waals surface area (Å²) in [6.07, 6.45) is 0.723. The highest BCUT2D eigenvalue weighted by atomic mass is 35.5. The molecule has 0 spiro atoms. The topological polar surface area (TPSA) is 71.1 Å². The van der Waals surface area contributed by atoms with E-state index in [4.69, 9.17) is 11.6 Å². The van der Waals surface area contributed by atoms with Gasteiger partial charge in [-0.1, -0.05) is 54.1 Å². The minimum absolute atomic E-state index is 0.162. The smallest absolute Gasteiger partial charge is 0.274 e. The van der Waals surface area contributed by atoms with Crippen molar-refractivity contribution in [2.75, 3.05) is 11.9 Å². The zero-order valence-electron chi connectivity index (χ0n) is 15.4. The number of anilines is 1. The normalized spacial score (nSPS) is 10.4. The molecule has 0 aliphatic rings. The number of aromatic nitrogens is 1. The lowest BCUT2D eigenvalue weighted by Crippen LogP contribution is -2.27. The first-order valence-electron chi connectivity index (χ1n) is 8.89. The average Bonchev–Trinajstić information content (AvgIpc) is 2.71. The molecule has 0 radical (unpaired) electrons. The highest BCUT2D eigenvalue weighted by molar-refractivity contribution is 6.31. The molecule has 0 bridgehead atoms. The first-order chi connectivity index (χ1) is 13.5. The number of aryl methyl sites for hydroxylation is 1. The van der Waals surface area contributed by atoms with E-state index in [0.29, 0.717) is 17.3 Å². The summed E-state index contributed by atoms with van der Waals surface area (Å²) in [4.78, 5) is 29.0. The van der Waals surface area contributed by atoms with Gasteiger partial charge in [0, 0.05) is 17.3 Å². The molecule has 0 aliphatic carbocycles. The van der Waals surface area contributed by atoms with Gasteiger partial charge in [-0.25, -0.2) is 4.98 Å². The molecular weight excluding hydrogens is 374 g/mol. The molecule has 0 fully saturated rings. The fraction of sp³-hybridized carbons (Fsp3) is 0.136. The molecule has 2 aromatic carbocycles. The fourth-order valence-electron chi connectivity index (χ4n) is 2.66. The lowest BCUT2D eigenvalue weighted by Gasteiger charge is -2.09. The highest BCUT2D eigenvalue weighted by Crippen LogP contribution is 2.20. The molecule has 3 aromatic rings. The highest BCUT2D eigenvalue weighted by Gasteiger charge is 2.13. The van der Waals surface area contributed by atoms with Gasteiger partial charge in [-0.2, -0.15) is 0 Å². The summed E-state index contributed by atoms with van der Waals surface area (Å²) in [5, 5.41) is 6.14. The predicted octanol–water partition coefficient (Wildman–Crippen LogP) is 4.27. The number of hydrogen-bond donors (Lipinski definition) is 2. The van der Waals surface area contributed by atoms with Crippen LogP contribution in [-0.2, 0) is 6.42 Å². The number of nitrogens with zero attached hydrogens (tertiary/aromatic N) is 1. The molecule has 1 heterocycles. The average molecular weight is 394 g/mol. The van der Waals surface area contributed by atoms with E-state index in [1.807, 2.05) is 43.3 Å². The molecule has 2 N–H and O–H groups in total. The van der Waals surface area contributed by atoms with Crippen LogP contribution in [0.15, 0.2) is 66.7 Å². The molecule has 3 rings (SSSR count). The van der Waals surface area contributed by atoms with Crippen LogP contribution < -0.4 is 10.6 Å². The number of carbonyl (C=O) groups excluding carboxylic acids is 2. The van der Waals surface area contributed by atoms with Crippen LogP contribution in [0, 0.1) is 6.92 Å². The molecule has 0 aliphatic heterocycles. The number of amides is 2. The summed E-state index contributed by atoms with van der Waals surface area (Å²) < 4.78 is 0. The number of benzene rings is 2. The van der Waals surface area contributed by atoms with Gasteiger partial charge in [-0.3, -0.25) is 9.59 Å². The number of carbonyl (C=O) groups is 2. The molecular formula is C22H20ClN3O2. The molecule has 1 aromatic heterocycles. The van der Waals surface area contributed by atoms with Crippen LogP contribution in [0.2, 0.25) is 5.02 Å². The van der Waals surface area contributed by atoms with Gasteiger partial charge in [-0.15, -0.1) is 0 Å². The van der Waals surface area contributed by atoms with E-state index in [-0.39, 0.29) is 17.3 Å². The van der Waals surface area contributed by atoms with E-state index in [2.05, 4.69) is 15.6 Å². The van der Waals surface area contributed by atoms with E-state index in [1.54, 1.807) is 30.3 Å². The van der Waals surface area contributed by atoms with Gasteiger partial charge in [0.15, 0.2) is 0 Å². The quantitative estimate of drug-likeness (QED) is 0.657. The van der Waals surface area contributed by atoms with Crippen molar-refractivity contribution in [3.63, 3.8) is 0 Å². The Morgan fingerprint density at radius 3 is 2.39 bits per heavy atom. The molecule has 0 unspecified atom stereocenters. The van der Waals surface area contributed by atoms with Crippen molar-refractivity contribution in [1.29, 1.82) is 0 Å². The number of hydrogen-bond acceptors (Lipinski definition) is 3. The lowest BCUT2D eigenvalue weighted by molar-refractivity contribution is 0.0949. The third-order valence-corrected chi connectivity index (χ3v) is 4.44. The Kier molecular flexibility index (Phi) is 6.40. The van der Waals surface area contributed by atoms with Gasteiger partial charge in [0.05, 0.1) is 0 Å². The van der Waals surface area contributed by atoms with Crippen LogP contribution in [0.3, 0.4) is 0 Å². The van der Waals surface area contributed by atoms with Crippen molar-refractivity contribution in [2.45, 2.75) is 13.3 Å². The van der Waals surface area contributed by atoms with E-state index in [0.717, 1.165) is 17.5 Å². The second-order valence-electron chi connectivity index (χ2n) is 6.31. The summed E-state index contributed by atoms with van der Waals surface area (Å²) in [5.41, 5.74) is 2.99. The maximum atomic E-state index is 12.5. The first-order valence-corrected chi connectivity index (χ1v) is 9.27. The van der Waals surface area contributed by atoms with Crippen molar-refractivity contribution >= 4 is 29.1 Å². The molecule has 28 heavy (non-hydrogen) atoms. The lowest BCUT2D eigenvalue weighted by atomic mass is 10.1. The second-order valence-corrected chi connectivity index (χ2v) is 6.75. The van der Waals surface area contributed by atoms with Crippen molar-refractivity contribution in [1.82, 2.24) is 10.3 Å². The fourth-order valence-corrected chi connectivity index (χ4v) is 2.83. The third-order valence-electron chi connectivity index (χ3n) is 4.20. The largest absolute Gasteiger partial charge is 0.350 e.